The smallest absolute Gasteiger partial charge is 0.0757 e. The van der Waals surface area contributed by atoms with Crippen molar-refractivity contribution in [3.63, 3.8) is 0 Å². The van der Waals surface area contributed by atoms with Crippen LogP contribution in [0.2, 0.25) is 0 Å². The molecule has 1 heterocycles. The van der Waals surface area contributed by atoms with Gasteiger partial charge in [-0.2, -0.15) is 12.6 Å². The van der Waals surface area contributed by atoms with Crippen LogP contribution in [0.1, 0.15) is 20.8 Å². The highest BCUT2D eigenvalue weighted by molar-refractivity contribution is 7.80. The van der Waals surface area contributed by atoms with E-state index in [2.05, 4.69) is 50.5 Å². The molecular formula is C11H21NOS. The minimum absolute atomic E-state index is 0.00747. The summed E-state index contributed by atoms with van der Waals surface area (Å²) < 4.78 is 5.83. The normalized spacial score (nSPS) is 28.4. The van der Waals surface area contributed by atoms with Crippen LogP contribution in [0.3, 0.4) is 0 Å². The summed E-state index contributed by atoms with van der Waals surface area (Å²) in [7, 11) is 0. The van der Waals surface area contributed by atoms with Gasteiger partial charge in [0.25, 0.3) is 0 Å². The minimum Gasteiger partial charge on any atom is -0.370 e. The Hall–Kier alpha value is 0.01000. The van der Waals surface area contributed by atoms with Gasteiger partial charge in [-0.25, -0.2) is 0 Å². The van der Waals surface area contributed by atoms with E-state index in [1.807, 2.05) is 0 Å². The molecule has 0 bridgehead atoms. The standard InChI is InChI=1S/C11H21NOS/c1-10-8-12(6-4-5-7-14)9-11(2,3)13-10/h4-5,10,14H,6-9H2,1-3H3/b5-4+. The van der Waals surface area contributed by atoms with Gasteiger partial charge in [0.1, 0.15) is 0 Å². The first-order valence-corrected chi connectivity index (χ1v) is 5.83. The molecule has 1 fully saturated rings. The molecule has 0 aliphatic carbocycles. The van der Waals surface area contributed by atoms with E-state index >= 15 is 0 Å². The van der Waals surface area contributed by atoms with Gasteiger partial charge in [-0.3, -0.25) is 4.90 Å². The molecule has 1 unspecified atom stereocenters. The molecule has 0 spiro atoms. The summed E-state index contributed by atoms with van der Waals surface area (Å²) in [4.78, 5) is 2.42. The zero-order valence-corrected chi connectivity index (χ0v) is 10.3. The van der Waals surface area contributed by atoms with Gasteiger partial charge in [-0.05, 0) is 20.8 Å². The van der Waals surface area contributed by atoms with E-state index in [0.717, 1.165) is 25.4 Å². The van der Waals surface area contributed by atoms with Crippen molar-refractivity contribution in [1.82, 2.24) is 4.90 Å². The van der Waals surface area contributed by atoms with E-state index in [0.29, 0.717) is 6.10 Å². The van der Waals surface area contributed by atoms with Crippen LogP contribution in [0.25, 0.3) is 0 Å². The monoisotopic (exact) mass is 215 g/mol. The van der Waals surface area contributed by atoms with Crippen molar-refractivity contribution >= 4 is 12.6 Å². The average molecular weight is 215 g/mol. The molecular weight excluding hydrogens is 194 g/mol. The van der Waals surface area contributed by atoms with Crippen molar-refractivity contribution in [2.75, 3.05) is 25.4 Å². The predicted molar refractivity (Wildman–Crippen MR) is 64.1 cm³/mol. The third kappa shape index (κ3) is 4.03. The zero-order valence-electron chi connectivity index (χ0n) is 9.36. The first-order chi connectivity index (χ1) is 6.53. The molecule has 0 amide bonds. The molecule has 3 heteroatoms. The van der Waals surface area contributed by atoms with E-state index in [-0.39, 0.29) is 5.60 Å². The van der Waals surface area contributed by atoms with Gasteiger partial charge in [-0.15, -0.1) is 0 Å². The summed E-state index contributed by atoms with van der Waals surface area (Å²) >= 11 is 4.14. The lowest BCUT2D eigenvalue weighted by molar-refractivity contribution is -0.126. The van der Waals surface area contributed by atoms with Gasteiger partial charge >= 0.3 is 0 Å². The second-order valence-electron chi connectivity index (χ2n) is 4.54. The quantitative estimate of drug-likeness (QED) is 0.571. The van der Waals surface area contributed by atoms with Crippen LogP contribution < -0.4 is 0 Å². The van der Waals surface area contributed by atoms with Gasteiger partial charge < -0.3 is 4.74 Å². The summed E-state index contributed by atoms with van der Waals surface area (Å²) in [6.07, 6.45) is 4.61. The third-order valence-corrected chi connectivity index (χ3v) is 2.49. The number of ether oxygens (including phenoxy) is 1. The van der Waals surface area contributed by atoms with E-state index in [4.69, 9.17) is 4.74 Å². The van der Waals surface area contributed by atoms with Gasteiger partial charge in [0.05, 0.1) is 11.7 Å². The van der Waals surface area contributed by atoms with Crippen molar-refractivity contribution in [3.8, 4) is 0 Å². The van der Waals surface area contributed by atoms with E-state index in [1.165, 1.54) is 0 Å². The highest BCUT2D eigenvalue weighted by atomic mass is 32.1. The molecule has 2 nitrogen and oxygen atoms in total. The molecule has 1 aliphatic heterocycles. The number of thiol groups is 1. The maximum Gasteiger partial charge on any atom is 0.0757 e. The predicted octanol–water partition coefficient (Wildman–Crippen LogP) is 1.97. The highest BCUT2D eigenvalue weighted by Crippen LogP contribution is 2.20. The lowest BCUT2D eigenvalue weighted by Gasteiger charge is -2.41. The first-order valence-electron chi connectivity index (χ1n) is 5.19. The zero-order chi connectivity index (χ0) is 10.6. The van der Waals surface area contributed by atoms with Gasteiger partial charge in [-0.1, -0.05) is 12.2 Å². The largest absolute Gasteiger partial charge is 0.370 e. The fraction of sp³-hybridized carbons (Fsp3) is 0.818. The lowest BCUT2D eigenvalue weighted by atomic mass is 10.1. The SMILES string of the molecule is CC1CN(C/C=C/CS)CC(C)(C)O1. The van der Waals surface area contributed by atoms with Crippen molar-refractivity contribution < 1.29 is 4.74 Å². The van der Waals surface area contributed by atoms with E-state index < -0.39 is 0 Å². The number of rotatable bonds is 3. The minimum atomic E-state index is -0.00747. The molecule has 1 rings (SSSR count). The molecule has 0 aromatic carbocycles. The second kappa shape index (κ2) is 5.19. The highest BCUT2D eigenvalue weighted by Gasteiger charge is 2.30. The molecule has 1 saturated heterocycles. The molecule has 1 aliphatic rings. The number of hydrogen-bond acceptors (Lipinski definition) is 3. The summed E-state index contributed by atoms with van der Waals surface area (Å²) in [5.74, 6) is 0.823. The van der Waals surface area contributed by atoms with E-state index in [9.17, 15) is 0 Å². The van der Waals surface area contributed by atoms with E-state index in [1.54, 1.807) is 0 Å². The van der Waals surface area contributed by atoms with Crippen LogP contribution >= 0.6 is 12.6 Å². The Bertz CT molecular complexity index is 203. The fourth-order valence-corrected chi connectivity index (χ4v) is 2.17. The molecule has 82 valence electrons. The topological polar surface area (TPSA) is 12.5 Å². The van der Waals surface area contributed by atoms with Gasteiger partial charge in [0.15, 0.2) is 0 Å². The molecule has 1 atom stereocenters. The number of morpholine rings is 1. The van der Waals surface area contributed by atoms with Crippen molar-refractivity contribution in [2.24, 2.45) is 0 Å². The second-order valence-corrected chi connectivity index (χ2v) is 4.90. The molecule has 0 aromatic rings. The Morgan fingerprint density at radius 3 is 2.79 bits per heavy atom. The fourth-order valence-electron chi connectivity index (χ4n) is 2.02. The van der Waals surface area contributed by atoms with Crippen LogP contribution in [-0.4, -0.2) is 42.0 Å². The van der Waals surface area contributed by atoms with Crippen LogP contribution in [-0.2, 0) is 4.74 Å². The van der Waals surface area contributed by atoms with Crippen molar-refractivity contribution in [1.29, 1.82) is 0 Å². The Morgan fingerprint density at radius 1 is 1.50 bits per heavy atom. The van der Waals surface area contributed by atoms with Gasteiger partial charge in [0.2, 0.25) is 0 Å². The third-order valence-electron chi connectivity index (χ3n) is 2.28. The summed E-state index contributed by atoms with van der Waals surface area (Å²) in [6, 6.07) is 0. The van der Waals surface area contributed by atoms with Gasteiger partial charge in [0, 0.05) is 25.4 Å². The summed E-state index contributed by atoms with van der Waals surface area (Å²) in [6.45, 7) is 9.48. The average Bonchev–Trinajstić information content (AvgIpc) is 2.00. The molecule has 14 heavy (non-hydrogen) atoms. The Labute approximate surface area is 92.7 Å². The Balaban J connectivity index is 2.42. The maximum absolute atomic E-state index is 5.83. The Kier molecular flexibility index (Phi) is 4.48. The molecule has 0 N–H and O–H groups in total. The van der Waals surface area contributed by atoms with Crippen molar-refractivity contribution in [2.45, 2.75) is 32.5 Å². The number of hydrogen-bond donors (Lipinski definition) is 1. The summed E-state index contributed by atoms with van der Waals surface area (Å²) in [5, 5.41) is 0. The molecule has 0 aromatic heterocycles. The van der Waals surface area contributed by atoms with Crippen LogP contribution in [0, 0.1) is 0 Å². The Morgan fingerprint density at radius 2 is 2.21 bits per heavy atom. The maximum atomic E-state index is 5.83. The summed E-state index contributed by atoms with van der Waals surface area (Å²) in [5.41, 5.74) is -0.00747. The number of nitrogens with zero attached hydrogens (tertiary/aromatic N) is 1. The van der Waals surface area contributed by atoms with Crippen molar-refractivity contribution in [3.05, 3.63) is 12.2 Å². The molecule has 0 saturated carbocycles. The lowest BCUT2D eigenvalue weighted by Crippen LogP contribution is -2.51. The van der Waals surface area contributed by atoms with Crippen LogP contribution in [0.4, 0.5) is 0 Å². The van der Waals surface area contributed by atoms with Crippen LogP contribution in [0.5, 0.6) is 0 Å². The first kappa shape index (κ1) is 12.1. The van der Waals surface area contributed by atoms with Crippen LogP contribution in [0.15, 0.2) is 12.2 Å². The molecule has 0 radical (unpaired) electrons.